The first-order valence-electron chi connectivity index (χ1n) is 8.89. The van der Waals surface area contributed by atoms with Crippen molar-refractivity contribution in [2.45, 2.75) is 40.2 Å². The number of carboxylic acids is 1. The van der Waals surface area contributed by atoms with E-state index in [1.54, 1.807) is 10.6 Å². The van der Waals surface area contributed by atoms with Gasteiger partial charge in [0.15, 0.2) is 0 Å². The quantitative estimate of drug-likeness (QED) is 0.765. The highest BCUT2D eigenvalue weighted by Gasteiger charge is 2.17. The van der Waals surface area contributed by atoms with Crippen molar-refractivity contribution in [3.8, 4) is 0 Å². The lowest BCUT2D eigenvalue weighted by atomic mass is 9.98. The molecule has 0 aliphatic carbocycles. The zero-order valence-electron chi connectivity index (χ0n) is 16.6. The lowest BCUT2D eigenvalue weighted by Gasteiger charge is -2.14. The van der Waals surface area contributed by atoms with Crippen molar-refractivity contribution in [3.63, 3.8) is 0 Å². The minimum absolute atomic E-state index is 0.313. The van der Waals surface area contributed by atoms with Crippen molar-refractivity contribution in [2.75, 3.05) is 27.2 Å². The fraction of sp³-hybridized carbons (Fsp3) is 0.550. The molecule has 0 unspecified atom stereocenters. The van der Waals surface area contributed by atoms with E-state index in [0.29, 0.717) is 24.8 Å². The molecule has 0 spiro atoms. The van der Waals surface area contributed by atoms with Gasteiger partial charge in [-0.2, -0.15) is 0 Å². The van der Waals surface area contributed by atoms with Crippen LogP contribution in [0.2, 0.25) is 0 Å². The van der Waals surface area contributed by atoms with Gasteiger partial charge in [-0.1, -0.05) is 33.8 Å². The number of hydrogen-bond acceptors (Lipinski definition) is 3. The van der Waals surface area contributed by atoms with Crippen LogP contribution in [0.4, 0.5) is 0 Å². The molecule has 1 heterocycles. The maximum absolute atomic E-state index is 11.4. The maximum atomic E-state index is 11.4. The van der Waals surface area contributed by atoms with Crippen molar-refractivity contribution in [2.24, 2.45) is 7.05 Å². The summed E-state index contributed by atoms with van der Waals surface area (Å²) in [6, 6.07) is 5.91. The second-order valence-electron chi connectivity index (χ2n) is 6.53. The summed E-state index contributed by atoms with van der Waals surface area (Å²) in [5.74, 6) is -0.586. The Morgan fingerprint density at radius 2 is 1.88 bits per heavy atom. The molecule has 5 heteroatoms. The van der Waals surface area contributed by atoms with Gasteiger partial charge >= 0.3 is 5.97 Å². The summed E-state index contributed by atoms with van der Waals surface area (Å²) in [6.07, 6.45) is 0. The Morgan fingerprint density at radius 1 is 1.24 bits per heavy atom. The molecule has 1 aromatic heterocycles. The second-order valence-corrected chi connectivity index (χ2v) is 6.53. The first-order chi connectivity index (χ1) is 11.8. The second kappa shape index (κ2) is 9.59. The van der Waals surface area contributed by atoms with Crippen LogP contribution < -0.4 is 0 Å². The monoisotopic (exact) mass is 348 g/mol. The van der Waals surface area contributed by atoms with Gasteiger partial charge in [-0.25, -0.2) is 4.79 Å². The summed E-state index contributed by atoms with van der Waals surface area (Å²) < 4.78 is 7.50. The molecular weight excluding hydrogens is 316 g/mol. The average molecular weight is 348 g/mol. The third kappa shape index (κ3) is 5.31. The van der Waals surface area contributed by atoms with Crippen LogP contribution in [-0.2, 0) is 18.4 Å². The van der Waals surface area contributed by atoms with E-state index < -0.39 is 5.97 Å². The fourth-order valence-electron chi connectivity index (χ4n) is 2.77. The molecule has 0 atom stereocenters. The maximum Gasteiger partial charge on any atom is 0.352 e. The predicted octanol–water partition coefficient (Wildman–Crippen LogP) is 4.10. The van der Waals surface area contributed by atoms with Gasteiger partial charge in [0.2, 0.25) is 0 Å². The first kappa shape index (κ1) is 21.2. The SMILES string of the molecule is CC.CC(C)c1cc(COCCN(C)C)cc2cc(C(=O)O)n(C)c12. The summed E-state index contributed by atoms with van der Waals surface area (Å²) in [6.45, 7) is 10.4. The van der Waals surface area contributed by atoms with Gasteiger partial charge in [0.25, 0.3) is 0 Å². The minimum atomic E-state index is -0.901. The number of benzene rings is 1. The molecular formula is C20H32N2O3. The van der Waals surface area contributed by atoms with E-state index >= 15 is 0 Å². The number of aromatic nitrogens is 1. The molecule has 5 nitrogen and oxygen atoms in total. The number of aromatic carboxylic acids is 1. The van der Waals surface area contributed by atoms with E-state index in [0.717, 1.165) is 28.6 Å². The van der Waals surface area contributed by atoms with E-state index in [9.17, 15) is 9.90 Å². The van der Waals surface area contributed by atoms with Gasteiger partial charge in [0, 0.05) is 19.0 Å². The number of aryl methyl sites for hydroxylation is 1. The summed E-state index contributed by atoms with van der Waals surface area (Å²) in [5, 5.41) is 10.3. The van der Waals surface area contributed by atoms with Crippen molar-refractivity contribution in [3.05, 3.63) is 35.0 Å². The number of rotatable bonds is 7. The lowest BCUT2D eigenvalue weighted by Crippen LogP contribution is -2.17. The number of nitrogens with zero attached hydrogens (tertiary/aromatic N) is 2. The third-order valence-corrected chi connectivity index (χ3v) is 4.01. The standard InChI is InChI=1S/C18H26N2O3.C2H6/c1-12(2)15-9-13(11-23-7-6-19(3)4)8-14-10-16(18(21)22)20(5)17(14)15;1-2/h8-10,12H,6-7,11H2,1-5H3,(H,21,22);1-2H3. The van der Waals surface area contributed by atoms with Gasteiger partial charge in [-0.15, -0.1) is 0 Å². The van der Waals surface area contributed by atoms with Gasteiger partial charge in [-0.05, 0) is 43.3 Å². The largest absolute Gasteiger partial charge is 0.477 e. The van der Waals surface area contributed by atoms with Gasteiger partial charge in [0.05, 0.1) is 18.7 Å². The molecule has 2 rings (SSSR count). The van der Waals surface area contributed by atoms with Crippen LogP contribution >= 0.6 is 0 Å². The summed E-state index contributed by atoms with van der Waals surface area (Å²) in [7, 11) is 5.85. The van der Waals surface area contributed by atoms with Crippen molar-refractivity contribution in [1.29, 1.82) is 0 Å². The zero-order valence-corrected chi connectivity index (χ0v) is 16.6. The molecule has 0 amide bonds. The van der Waals surface area contributed by atoms with Crippen LogP contribution in [0.25, 0.3) is 10.9 Å². The molecule has 25 heavy (non-hydrogen) atoms. The van der Waals surface area contributed by atoms with E-state index in [-0.39, 0.29) is 0 Å². The number of likely N-dealkylation sites (N-methyl/N-ethyl adjacent to an activating group) is 1. The Balaban J connectivity index is 0.00000151. The molecule has 1 N–H and O–H groups in total. The molecule has 0 aliphatic rings. The van der Waals surface area contributed by atoms with Gasteiger partial charge in [-0.3, -0.25) is 0 Å². The molecule has 1 aromatic carbocycles. The van der Waals surface area contributed by atoms with E-state index in [1.165, 1.54) is 0 Å². The minimum Gasteiger partial charge on any atom is -0.477 e. The number of carbonyl (C=O) groups is 1. The fourth-order valence-corrected chi connectivity index (χ4v) is 2.77. The van der Waals surface area contributed by atoms with Crippen LogP contribution in [0.15, 0.2) is 18.2 Å². The Labute approximate surface area is 151 Å². The topological polar surface area (TPSA) is 54.7 Å². The normalized spacial score (nSPS) is 11.1. The Morgan fingerprint density at radius 3 is 2.40 bits per heavy atom. The predicted molar refractivity (Wildman–Crippen MR) is 104 cm³/mol. The number of fused-ring (bicyclic) bond motifs is 1. The highest BCUT2D eigenvalue weighted by Crippen LogP contribution is 2.30. The van der Waals surface area contributed by atoms with E-state index in [1.807, 2.05) is 41.1 Å². The van der Waals surface area contributed by atoms with Crippen molar-refractivity contribution < 1.29 is 14.6 Å². The van der Waals surface area contributed by atoms with Gasteiger partial charge in [0.1, 0.15) is 5.69 Å². The van der Waals surface area contributed by atoms with Crippen LogP contribution in [0.1, 0.15) is 55.2 Å². The van der Waals surface area contributed by atoms with Crippen LogP contribution in [0.3, 0.4) is 0 Å². The summed E-state index contributed by atoms with van der Waals surface area (Å²) in [4.78, 5) is 13.5. The van der Waals surface area contributed by atoms with Crippen molar-refractivity contribution >= 4 is 16.9 Å². The number of ether oxygens (including phenoxy) is 1. The smallest absolute Gasteiger partial charge is 0.352 e. The van der Waals surface area contributed by atoms with Crippen molar-refractivity contribution in [1.82, 2.24) is 9.47 Å². The highest BCUT2D eigenvalue weighted by molar-refractivity contribution is 5.96. The number of carboxylic acid groups (broad SMARTS) is 1. The Bertz CT molecular complexity index is 703. The number of hydrogen-bond donors (Lipinski definition) is 1. The molecule has 0 fully saturated rings. The summed E-state index contributed by atoms with van der Waals surface area (Å²) in [5.41, 5.74) is 3.55. The molecule has 0 radical (unpaired) electrons. The van der Waals surface area contributed by atoms with E-state index in [4.69, 9.17) is 4.74 Å². The van der Waals surface area contributed by atoms with Crippen LogP contribution in [-0.4, -0.2) is 47.8 Å². The summed E-state index contributed by atoms with van der Waals surface area (Å²) >= 11 is 0. The molecule has 0 saturated heterocycles. The Hall–Kier alpha value is -1.85. The lowest BCUT2D eigenvalue weighted by molar-refractivity contribution is 0.0687. The molecule has 140 valence electrons. The molecule has 0 bridgehead atoms. The van der Waals surface area contributed by atoms with E-state index in [2.05, 4.69) is 24.8 Å². The Kier molecular flexibility index (Phi) is 8.13. The van der Waals surface area contributed by atoms with Crippen LogP contribution in [0, 0.1) is 0 Å². The zero-order chi connectivity index (χ0) is 19.1. The third-order valence-electron chi connectivity index (χ3n) is 4.01. The van der Waals surface area contributed by atoms with Crippen LogP contribution in [0.5, 0.6) is 0 Å². The highest BCUT2D eigenvalue weighted by atomic mass is 16.5. The molecule has 0 saturated carbocycles. The molecule has 2 aromatic rings. The molecule has 0 aliphatic heterocycles. The van der Waals surface area contributed by atoms with Gasteiger partial charge < -0.3 is 19.3 Å². The first-order valence-corrected chi connectivity index (χ1v) is 8.89. The average Bonchev–Trinajstić information content (AvgIpc) is 2.89.